The molecule has 0 spiro atoms. The van der Waals surface area contributed by atoms with Gasteiger partial charge in [-0.05, 0) is 57.8 Å². The van der Waals surface area contributed by atoms with Crippen LogP contribution in [0.1, 0.15) is 30.5 Å². The molecule has 1 N–H and O–H groups in total. The molecule has 2 amide bonds. The fourth-order valence-electron chi connectivity index (χ4n) is 3.68. The predicted octanol–water partition coefficient (Wildman–Crippen LogP) is 4.38. The molecule has 1 saturated heterocycles. The van der Waals surface area contributed by atoms with Gasteiger partial charge in [0.1, 0.15) is 0 Å². The Morgan fingerprint density at radius 2 is 1.65 bits per heavy atom. The summed E-state index contributed by atoms with van der Waals surface area (Å²) >= 11 is 0.950. The summed E-state index contributed by atoms with van der Waals surface area (Å²) in [6.45, 7) is 4.46. The van der Waals surface area contributed by atoms with Crippen molar-refractivity contribution in [2.75, 3.05) is 19.0 Å². The predicted molar refractivity (Wildman–Crippen MR) is 107 cm³/mol. The highest BCUT2D eigenvalue weighted by Gasteiger charge is 2.36. The number of anilines is 1. The van der Waals surface area contributed by atoms with E-state index in [2.05, 4.69) is 54.4 Å². The molecule has 5 heteroatoms. The molecule has 0 aromatic heterocycles. The first kappa shape index (κ1) is 16.9. The highest BCUT2D eigenvalue weighted by molar-refractivity contribution is 8.18. The SMILES string of the molecule is CN(C)c1ccc2c(c1)C(C)(C)c1cc(/C=C3\SC(=O)NC3=O)ccc1-2. The minimum atomic E-state index is -0.321. The summed E-state index contributed by atoms with van der Waals surface area (Å²) < 4.78 is 0. The number of fused-ring (bicyclic) bond motifs is 3. The van der Waals surface area contributed by atoms with Crippen molar-refractivity contribution in [3.63, 3.8) is 0 Å². The molecule has 0 unspecified atom stereocenters. The molecule has 2 aliphatic rings. The molecule has 2 aromatic carbocycles. The number of nitrogens with one attached hydrogen (secondary N) is 1. The Balaban J connectivity index is 1.80. The third-order valence-corrected chi connectivity index (χ3v) is 5.95. The standard InChI is InChI=1S/C21H20N2O2S/c1-21(2)16-9-12(10-18-19(24)22-20(25)26-18)5-7-14(16)15-8-6-13(23(3)4)11-17(15)21/h5-11H,1-4H3,(H,22,24,25)/b18-10-. The molecule has 1 heterocycles. The van der Waals surface area contributed by atoms with E-state index < -0.39 is 0 Å². The van der Waals surface area contributed by atoms with Crippen LogP contribution in [0.2, 0.25) is 0 Å². The summed E-state index contributed by atoms with van der Waals surface area (Å²) in [5.41, 5.74) is 7.05. The first-order valence-electron chi connectivity index (χ1n) is 8.49. The smallest absolute Gasteiger partial charge is 0.290 e. The minimum absolute atomic E-state index is 0.119. The Hall–Kier alpha value is -2.53. The number of rotatable bonds is 2. The molecule has 26 heavy (non-hydrogen) atoms. The molecule has 4 rings (SSSR count). The maximum absolute atomic E-state index is 11.8. The van der Waals surface area contributed by atoms with E-state index in [1.165, 1.54) is 27.9 Å². The number of imide groups is 1. The second-order valence-electron chi connectivity index (χ2n) is 7.41. The molecular formula is C21H20N2O2S. The van der Waals surface area contributed by atoms with E-state index in [-0.39, 0.29) is 16.6 Å². The highest BCUT2D eigenvalue weighted by Crippen LogP contribution is 2.50. The quantitative estimate of drug-likeness (QED) is 0.804. The number of benzene rings is 2. The Kier molecular flexibility index (Phi) is 3.74. The normalized spacial score (nSPS) is 18.7. The van der Waals surface area contributed by atoms with Crippen LogP contribution in [0, 0.1) is 0 Å². The summed E-state index contributed by atoms with van der Waals surface area (Å²) in [4.78, 5) is 25.7. The van der Waals surface area contributed by atoms with E-state index in [4.69, 9.17) is 0 Å². The van der Waals surface area contributed by atoms with Gasteiger partial charge in [0.05, 0.1) is 4.91 Å². The maximum atomic E-state index is 11.8. The van der Waals surface area contributed by atoms with Gasteiger partial charge in [0.15, 0.2) is 0 Å². The van der Waals surface area contributed by atoms with Gasteiger partial charge < -0.3 is 4.90 Å². The third kappa shape index (κ3) is 2.54. The van der Waals surface area contributed by atoms with Crippen LogP contribution in [0.5, 0.6) is 0 Å². The van der Waals surface area contributed by atoms with Crippen molar-refractivity contribution in [1.82, 2.24) is 5.32 Å². The van der Waals surface area contributed by atoms with E-state index in [1.807, 2.05) is 20.2 Å². The first-order chi connectivity index (χ1) is 12.3. The van der Waals surface area contributed by atoms with Crippen molar-refractivity contribution in [3.8, 4) is 11.1 Å². The molecule has 1 aliphatic carbocycles. The summed E-state index contributed by atoms with van der Waals surface area (Å²) in [6, 6.07) is 12.8. The van der Waals surface area contributed by atoms with Crippen LogP contribution < -0.4 is 10.2 Å². The van der Waals surface area contributed by atoms with E-state index >= 15 is 0 Å². The largest absolute Gasteiger partial charge is 0.378 e. The van der Waals surface area contributed by atoms with Crippen molar-refractivity contribution in [3.05, 3.63) is 58.0 Å². The Morgan fingerprint density at radius 1 is 1.00 bits per heavy atom. The molecule has 0 bridgehead atoms. The van der Waals surface area contributed by atoms with Gasteiger partial charge in [-0.1, -0.05) is 38.1 Å². The fourth-order valence-corrected chi connectivity index (χ4v) is 4.37. The Labute approximate surface area is 157 Å². The Bertz CT molecular complexity index is 990. The second kappa shape index (κ2) is 5.74. The zero-order chi connectivity index (χ0) is 18.6. The van der Waals surface area contributed by atoms with Gasteiger partial charge in [0.2, 0.25) is 0 Å². The van der Waals surface area contributed by atoms with Crippen LogP contribution in [0.15, 0.2) is 41.3 Å². The molecule has 0 radical (unpaired) electrons. The maximum Gasteiger partial charge on any atom is 0.290 e. The number of amides is 2. The number of hydrogen-bond acceptors (Lipinski definition) is 4. The van der Waals surface area contributed by atoms with Crippen LogP contribution in [-0.4, -0.2) is 25.2 Å². The Morgan fingerprint density at radius 3 is 2.27 bits per heavy atom. The fraction of sp³-hybridized carbons (Fsp3) is 0.238. The minimum Gasteiger partial charge on any atom is -0.378 e. The topological polar surface area (TPSA) is 49.4 Å². The van der Waals surface area contributed by atoms with E-state index in [0.29, 0.717) is 4.91 Å². The van der Waals surface area contributed by atoms with Crippen LogP contribution in [0.3, 0.4) is 0 Å². The molecule has 2 aromatic rings. The number of nitrogens with zero attached hydrogens (tertiary/aromatic N) is 1. The third-order valence-electron chi connectivity index (χ3n) is 5.14. The number of thioether (sulfide) groups is 1. The molecule has 1 aliphatic heterocycles. The van der Waals surface area contributed by atoms with Gasteiger partial charge in [0.25, 0.3) is 11.1 Å². The zero-order valence-electron chi connectivity index (χ0n) is 15.2. The van der Waals surface area contributed by atoms with Gasteiger partial charge in [-0.3, -0.25) is 14.9 Å². The highest BCUT2D eigenvalue weighted by atomic mass is 32.2. The van der Waals surface area contributed by atoms with E-state index in [9.17, 15) is 9.59 Å². The van der Waals surface area contributed by atoms with Gasteiger partial charge in [-0.25, -0.2) is 0 Å². The van der Waals surface area contributed by atoms with Crippen molar-refractivity contribution in [2.24, 2.45) is 0 Å². The van der Waals surface area contributed by atoms with Crippen LogP contribution in [-0.2, 0) is 10.2 Å². The summed E-state index contributed by atoms with van der Waals surface area (Å²) in [5, 5.41) is 1.99. The van der Waals surface area contributed by atoms with Crippen LogP contribution in [0.25, 0.3) is 17.2 Å². The lowest BCUT2D eigenvalue weighted by atomic mass is 9.82. The van der Waals surface area contributed by atoms with Crippen molar-refractivity contribution in [1.29, 1.82) is 0 Å². The van der Waals surface area contributed by atoms with E-state index in [1.54, 1.807) is 6.08 Å². The monoisotopic (exact) mass is 364 g/mol. The summed E-state index contributed by atoms with van der Waals surface area (Å²) in [7, 11) is 4.10. The molecule has 1 fully saturated rings. The van der Waals surface area contributed by atoms with Crippen molar-refractivity contribution >= 4 is 34.7 Å². The molecule has 4 nitrogen and oxygen atoms in total. The molecule has 132 valence electrons. The summed E-state index contributed by atoms with van der Waals surface area (Å²) in [6.07, 6.45) is 1.79. The molecule has 0 atom stereocenters. The number of carbonyl (C=O) groups is 2. The lowest BCUT2D eigenvalue weighted by Crippen LogP contribution is -2.18. The molecular weight excluding hydrogens is 344 g/mol. The van der Waals surface area contributed by atoms with Crippen molar-refractivity contribution in [2.45, 2.75) is 19.3 Å². The second-order valence-corrected chi connectivity index (χ2v) is 8.42. The van der Waals surface area contributed by atoms with Gasteiger partial charge in [-0.15, -0.1) is 0 Å². The van der Waals surface area contributed by atoms with Gasteiger partial charge in [0, 0.05) is 25.2 Å². The van der Waals surface area contributed by atoms with E-state index in [0.717, 1.165) is 17.3 Å². The lowest BCUT2D eigenvalue weighted by Gasteiger charge is -2.23. The van der Waals surface area contributed by atoms with Gasteiger partial charge >= 0.3 is 0 Å². The van der Waals surface area contributed by atoms with Gasteiger partial charge in [-0.2, -0.15) is 0 Å². The van der Waals surface area contributed by atoms with Crippen LogP contribution >= 0.6 is 11.8 Å². The first-order valence-corrected chi connectivity index (χ1v) is 9.30. The zero-order valence-corrected chi connectivity index (χ0v) is 16.0. The lowest BCUT2D eigenvalue weighted by molar-refractivity contribution is -0.115. The number of carbonyl (C=O) groups excluding carboxylic acids is 2. The molecule has 0 saturated carbocycles. The number of hydrogen-bond donors (Lipinski definition) is 1. The summed E-state index contributed by atoms with van der Waals surface area (Å²) in [5.74, 6) is -0.321. The average Bonchev–Trinajstić information content (AvgIpc) is 3.01. The van der Waals surface area contributed by atoms with Crippen molar-refractivity contribution < 1.29 is 9.59 Å². The average molecular weight is 364 g/mol. The van der Waals surface area contributed by atoms with Crippen LogP contribution in [0.4, 0.5) is 10.5 Å².